The molecule has 7 heteroatoms. The summed E-state index contributed by atoms with van der Waals surface area (Å²) in [6.07, 6.45) is -0.608. The van der Waals surface area contributed by atoms with E-state index in [0.717, 1.165) is 24.5 Å². The Bertz CT molecular complexity index is 520. The molecule has 2 rings (SSSR count). The average Bonchev–Trinajstić information content (AvgIpc) is 2.52. The zero-order valence-electron chi connectivity index (χ0n) is 12.6. The summed E-state index contributed by atoms with van der Waals surface area (Å²) in [5.74, 6) is 0.280. The number of hydrogen-bond donors (Lipinski definition) is 2. The predicted molar refractivity (Wildman–Crippen MR) is 91.1 cm³/mol. The van der Waals surface area contributed by atoms with Crippen LogP contribution in [0.1, 0.15) is 6.92 Å². The summed E-state index contributed by atoms with van der Waals surface area (Å²) in [5.41, 5.74) is 1.78. The van der Waals surface area contributed by atoms with Gasteiger partial charge < -0.3 is 20.2 Å². The number of nitrogens with one attached hydrogen (secondary N) is 1. The minimum absolute atomic E-state index is 0.0994. The molecule has 122 valence electrons. The van der Waals surface area contributed by atoms with Crippen LogP contribution in [0.25, 0.3) is 0 Å². The standard InChI is InChI=1S/C15H21Cl2N3O2/c1-11(21)19-5-7-20(8-6-19)15-13(17)3-2-4-14(15)18-10-12(22)9-16/h2-4,12,18,22H,5-10H2,1H3. The Morgan fingerprint density at radius 3 is 2.64 bits per heavy atom. The number of para-hydroxylation sites is 1. The SMILES string of the molecule is CC(=O)N1CCN(c2c(Cl)cccc2NCC(O)CCl)CC1. The fourth-order valence-corrected chi connectivity index (χ4v) is 2.91. The zero-order valence-corrected chi connectivity index (χ0v) is 14.1. The van der Waals surface area contributed by atoms with Gasteiger partial charge in [-0.05, 0) is 12.1 Å². The first-order chi connectivity index (χ1) is 10.5. The van der Waals surface area contributed by atoms with Crippen molar-refractivity contribution in [2.24, 2.45) is 0 Å². The van der Waals surface area contributed by atoms with Gasteiger partial charge in [0, 0.05) is 39.6 Å². The Morgan fingerprint density at radius 1 is 1.36 bits per heavy atom. The summed E-state index contributed by atoms with van der Waals surface area (Å²) in [6.45, 7) is 4.79. The maximum absolute atomic E-state index is 11.4. The number of carbonyl (C=O) groups is 1. The van der Waals surface area contributed by atoms with E-state index in [1.165, 1.54) is 0 Å². The number of carbonyl (C=O) groups excluding carboxylic acids is 1. The molecule has 0 bridgehead atoms. The highest BCUT2D eigenvalue weighted by atomic mass is 35.5. The van der Waals surface area contributed by atoms with Gasteiger partial charge in [-0.25, -0.2) is 0 Å². The van der Waals surface area contributed by atoms with Gasteiger partial charge in [-0.2, -0.15) is 0 Å². The minimum atomic E-state index is -0.608. The van der Waals surface area contributed by atoms with E-state index in [2.05, 4.69) is 10.2 Å². The van der Waals surface area contributed by atoms with Crippen molar-refractivity contribution in [2.75, 3.05) is 48.8 Å². The molecule has 0 aromatic heterocycles. The summed E-state index contributed by atoms with van der Waals surface area (Å²) in [5, 5.41) is 13.4. The molecule has 1 fully saturated rings. The lowest BCUT2D eigenvalue weighted by molar-refractivity contribution is -0.129. The average molecular weight is 346 g/mol. The number of aliphatic hydroxyl groups excluding tert-OH is 1. The number of hydrogen-bond acceptors (Lipinski definition) is 4. The molecule has 1 aliphatic heterocycles. The number of halogens is 2. The molecule has 1 saturated heterocycles. The van der Waals surface area contributed by atoms with Crippen molar-refractivity contribution in [3.05, 3.63) is 23.2 Å². The van der Waals surface area contributed by atoms with E-state index in [-0.39, 0.29) is 11.8 Å². The molecule has 1 amide bonds. The van der Waals surface area contributed by atoms with E-state index in [9.17, 15) is 9.90 Å². The van der Waals surface area contributed by atoms with E-state index in [4.69, 9.17) is 23.2 Å². The summed E-state index contributed by atoms with van der Waals surface area (Å²) in [6, 6.07) is 5.64. The van der Waals surface area contributed by atoms with Gasteiger partial charge in [-0.3, -0.25) is 4.79 Å². The van der Waals surface area contributed by atoms with E-state index in [1.807, 2.05) is 23.1 Å². The largest absolute Gasteiger partial charge is 0.390 e. The number of amides is 1. The van der Waals surface area contributed by atoms with Gasteiger partial charge in [0.2, 0.25) is 5.91 Å². The second-order valence-corrected chi connectivity index (χ2v) is 6.03. The van der Waals surface area contributed by atoms with Crippen LogP contribution >= 0.6 is 23.2 Å². The van der Waals surface area contributed by atoms with E-state index >= 15 is 0 Å². The summed E-state index contributed by atoms with van der Waals surface area (Å²) in [4.78, 5) is 15.4. The predicted octanol–water partition coefficient (Wildman–Crippen LogP) is 2.02. The Hall–Kier alpha value is -1.17. The van der Waals surface area contributed by atoms with Gasteiger partial charge in [0.25, 0.3) is 0 Å². The smallest absolute Gasteiger partial charge is 0.219 e. The third-order valence-corrected chi connectivity index (χ3v) is 4.40. The van der Waals surface area contributed by atoms with Crippen LogP contribution in [0.5, 0.6) is 0 Å². The molecule has 0 spiro atoms. The molecule has 22 heavy (non-hydrogen) atoms. The molecule has 2 N–H and O–H groups in total. The topological polar surface area (TPSA) is 55.8 Å². The number of rotatable bonds is 5. The first-order valence-corrected chi connectivity index (χ1v) is 8.21. The number of benzene rings is 1. The van der Waals surface area contributed by atoms with E-state index < -0.39 is 6.10 Å². The van der Waals surface area contributed by atoms with Gasteiger partial charge >= 0.3 is 0 Å². The Kier molecular flexibility index (Phi) is 6.17. The van der Waals surface area contributed by atoms with Crippen LogP contribution in [0.4, 0.5) is 11.4 Å². The monoisotopic (exact) mass is 345 g/mol. The fourth-order valence-electron chi connectivity index (χ4n) is 2.51. The molecular weight excluding hydrogens is 325 g/mol. The molecule has 0 saturated carbocycles. The van der Waals surface area contributed by atoms with Crippen LogP contribution < -0.4 is 10.2 Å². The maximum Gasteiger partial charge on any atom is 0.219 e. The van der Waals surface area contributed by atoms with Crippen molar-refractivity contribution in [2.45, 2.75) is 13.0 Å². The number of aliphatic hydroxyl groups is 1. The van der Waals surface area contributed by atoms with Crippen LogP contribution in [0.15, 0.2) is 18.2 Å². The third-order valence-electron chi connectivity index (χ3n) is 3.73. The lowest BCUT2D eigenvalue weighted by Crippen LogP contribution is -2.48. The normalized spacial score (nSPS) is 16.5. The maximum atomic E-state index is 11.4. The Balaban J connectivity index is 2.11. The van der Waals surface area contributed by atoms with Crippen molar-refractivity contribution in [1.29, 1.82) is 0 Å². The van der Waals surface area contributed by atoms with E-state index in [1.54, 1.807) is 6.92 Å². The highest BCUT2D eigenvalue weighted by Gasteiger charge is 2.22. The van der Waals surface area contributed by atoms with Gasteiger partial charge in [0.1, 0.15) is 0 Å². The quantitative estimate of drug-likeness (QED) is 0.801. The van der Waals surface area contributed by atoms with Gasteiger partial charge in [0.15, 0.2) is 0 Å². The Labute approximate surface area is 140 Å². The second-order valence-electron chi connectivity index (χ2n) is 5.32. The van der Waals surface area contributed by atoms with Crippen molar-refractivity contribution in [1.82, 2.24) is 4.90 Å². The zero-order chi connectivity index (χ0) is 16.1. The molecule has 0 aliphatic carbocycles. The second kappa shape index (κ2) is 7.90. The minimum Gasteiger partial charge on any atom is -0.390 e. The van der Waals surface area contributed by atoms with Crippen LogP contribution in [0.2, 0.25) is 5.02 Å². The van der Waals surface area contributed by atoms with Crippen LogP contribution in [0, 0.1) is 0 Å². The van der Waals surface area contributed by atoms with Crippen molar-refractivity contribution in [3.63, 3.8) is 0 Å². The first kappa shape index (κ1) is 17.2. The highest BCUT2D eigenvalue weighted by Crippen LogP contribution is 2.34. The number of anilines is 2. The molecule has 1 aromatic carbocycles. The summed E-state index contributed by atoms with van der Waals surface area (Å²) >= 11 is 12.0. The van der Waals surface area contributed by atoms with Crippen molar-refractivity contribution >= 4 is 40.5 Å². The fraction of sp³-hybridized carbons (Fsp3) is 0.533. The van der Waals surface area contributed by atoms with Crippen LogP contribution in [-0.2, 0) is 4.79 Å². The van der Waals surface area contributed by atoms with Crippen molar-refractivity contribution < 1.29 is 9.90 Å². The molecule has 1 unspecified atom stereocenters. The van der Waals surface area contributed by atoms with Gasteiger partial charge in [-0.1, -0.05) is 17.7 Å². The summed E-state index contributed by atoms with van der Waals surface area (Å²) in [7, 11) is 0. The van der Waals surface area contributed by atoms with E-state index in [0.29, 0.717) is 24.7 Å². The van der Waals surface area contributed by atoms with Gasteiger partial charge in [0.05, 0.1) is 28.4 Å². The highest BCUT2D eigenvalue weighted by molar-refractivity contribution is 6.34. The molecule has 5 nitrogen and oxygen atoms in total. The molecule has 1 atom stereocenters. The number of alkyl halides is 1. The lowest BCUT2D eigenvalue weighted by Gasteiger charge is -2.37. The molecule has 0 radical (unpaired) electrons. The summed E-state index contributed by atoms with van der Waals surface area (Å²) < 4.78 is 0. The van der Waals surface area contributed by atoms with Crippen LogP contribution in [-0.4, -0.2) is 60.6 Å². The molecule has 1 aliphatic rings. The number of piperazine rings is 1. The molecule has 1 heterocycles. The molecular formula is C15H21Cl2N3O2. The molecule has 1 aromatic rings. The lowest BCUT2D eigenvalue weighted by atomic mass is 10.2. The first-order valence-electron chi connectivity index (χ1n) is 7.29. The van der Waals surface area contributed by atoms with Crippen LogP contribution in [0.3, 0.4) is 0 Å². The third kappa shape index (κ3) is 4.18. The number of nitrogens with zero attached hydrogens (tertiary/aromatic N) is 2. The van der Waals surface area contributed by atoms with Crippen molar-refractivity contribution in [3.8, 4) is 0 Å². The van der Waals surface area contributed by atoms with Gasteiger partial charge in [-0.15, -0.1) is 11.6 Å². The Morgan fingerprint density at radius 2 is 2.05 bits per heavy atom.